The number of aromatic amines is 1. The maximum absolute atomic E-state index is 12.2. The smallest absolute Gasteiger partial charge is 0.251 e. The van der Waals surface area contributed by atoms with Gasteiger partial charge in [-0.1, -0.05) is 12.1 Å². The van der Waals surface area contributed by atoms with Gasteiger partial charge in [-0.25, -0.2) is 4.98 Å². The Morgan fingerprint density at radius 2 is 1.88 bits per heavy atom. The fourth-order valence-electron chi connectivity index (χ4n) is 2.66. The lowest BCUT2D eigenvalue weighted by Gasteiger charge is -2.09. The summed E-state index contributed by atoms with van der Waals surface area (Å²) in [5.41, 5.74) is 2.54. The molecule has 0 atom stereocenters. The highest BCUT2D eigenvalue weighted by Gasteiger charge is 2.10. The van der Waals surface area contributed by atoms with Gasteiger partial charge in [-0.3, -0.25) is 4.79 Å². The zero-order valence-corrected chi connectivity index (χ0v) is 15.6. The van der Waals surface area contributed by atoms with Crippen LogP contribution in [0.5, 0.6) is 11.5 Å². The molecule has 0 unspecified atom stereocenters. The van der Waals surface area contributed by atoms with Crippen molar-refractivity contribution in [2.45, 2.75) is 12.8 Å². The van der Waals surface area contributed by atoms with Gasteiger partial charge in [-0.15, -0.1) is 12.4 Å². The van der Waals surface area contributed by atoms with Gasteiger partial charge in [-0.05, 0) is 36.8 Å². The van der Waals surface area contributed by atoms with Crippen LogP contribution in [0.1, 0.15) is 22.6 Å². The summed E-state index contributed by atoms with van der Waals surface area (Å²) in [6, 6.07) is 13.0. The standard InChI is InChI=1S/C19H21N3O3.ClH/c1-24-16-10-9-13(12-17(16)25-2)19(23)20-11-5-8-18-21-14-6-3-4-7-15(14)22-18;/h3-4,6-7,9-10,12H,5,8,11H2,1-2H3,(H,20,23)(H,21,22);1H. The van der Waals surface area contributed by atoms with Crippen LogP contribution < -0.4 is 14.8 Å². The molecule has 1 heterocycles. The molecule has 0 radical (unpaired) electrons. The van der Waals surface area contributed by atoms with Crippen molar-refractivity contribution in [2.75, 3.05) is 20.8 Å². The molecule has 138 valence electrons. The molecule has 3 aromatic rings. The molecule has 7 heteroatoms. The number of benzene rings is 2. The third-order valence-corrected chi connectivity index (χ3v) is 3.96. The number of imidazole rings is 1. The minimum Gasteiger partial charge on any atom is -0.493 e. The number of amides is 1. The summed E-state index contributed by atoms with van der Waals surface area (Å²) in [6.07, 6.45) is 1.58. The van der Waals surface area contributed by atoms with Gasteiger partial charge >= 0.3 is 0 Å². The van der Waals surface area contributed by atoms with Crippen molar-refractivity contribution in [1.82, 2.24) is 15.3 Å². The summed E-state index contributed by atoms with van der Waals surface area (Å²) in [6.45, 7) is 0.574. The quantitative estimate of drug-likeness (QED) is 0.621. The van der Waals surface area contributed by atoms with E-state index in [0.29, 0.717) is 23.6 Å². The largest absolute Gasteiger partial charge is 0.493 e. The van der Waals surface area contributed by atoms with Gasteiger partial charge in [0, 0.05) is 18.5 Å². The molecule has 3 rings (SSSR count). The Kier molecular flexibility index (Phi) is 6.86. The zero-order valence-electron chi connectivity index (χ0n) is 14.7. The van der Waals surface area contributed by atoms with Crippen molar-refractivity contribution < 1.29 is 14.3 Å². The number of aryl methyl sites for hydroxylation is 1. The average Bonchev–Trinajstić information content (AvgIpc) is 3.07. The predicted molar refractivity (Wildman–Crippen MR) is 104 cm³/mol. The topological polar surface area (TPSA) is 76.2 Å². The number of carbonyl (C=O) groups excluding carboxylic acids is 1. The highest BCUT2D eigenvalue weighted by molar-refractivity contribution is 5.94. The lowest BCUT2D eigenvalue weighted by atomic mass is 10.2. The second kappa shape index (κ2) is 9.10. The molecule has 26 heavy (non-hydrogen) atoms. The van der Waals surface area contributed by atoms with Gasteiger partial charge < -0.3 is 19.8 Å². The molecule has 0 saturated heterocycles. The van der Waals surface area contributed by atoms with Crippen LogP contribution in [-0.4, -0.2) is 36.6 Å². The van der Waals surface area contributed by atoms with Crippen LogP contribution in [0.4, 0.5) is 0 Å². The molecule has 0 saturated carbocycles. The second-order valence-electron chi connectivity index (χ2n) is 5.63. The summed E-state index contributed by atoms with van der Waals surface area (Å²) in [5.74, 6) is 1.94. The van der Waals surface area contributed by atoms with Crippen molar-refractivity contribution in [1.29, 1.82) is 0 Å². The Bertz CT molecular complexity index is 846. The number of carbonyl (C=O) groups is 1. The van der Waals surface area contributed by atoms with E-state index in [2.05, 4.69) is 15.3 Å². The van der Waals surface area contributed by atoms with Crippen LogP contribution in [0.3, 0.4) is 0 Å². The fraction of sp³-hybridized carbons (Fsp3) is 0.263. The Hall–Kier alpha value is -2.73. The Morgan fingerprint density at radius 3 is 2.62 bits per heavy atom. The zero-order chi connectivity index (χ0) is 17.6. The van der Waals surface area contributed by atoms with Gasteiger partial charge in [0.05, 0.1) is 25.3 Å². The number of rotatable bonds is 7. The van der Waals surface area contributed by atoms with E-state index in [-0.39, 0.29) is 18.3 Å². The van der Waals surface area contributed by atoms with Gasteiger partial charge in [0.15, 0.2) is 11.5 Å². The summed E-state index contributed by atoms with van der Waals surface area (Å²) in [4.78, 5) is 20.1. The molecule has 2 N–H and O–H groups in total. The molecule has 2 aromatic carbocycles. The van der Waals surface area contributed by atoms with E-state index >= 15 is 0 Å². The van der Waals surface area contributed by atoms with Crippen molar-refractivity contribution in [3.63, 3.8) is 0 Å². The van der Waals surface area contributed by atoms with Crippen molar-refractivity contribution in [2.24, 2.45) is 0 Å². The average molecular weight is 376 g/mol. The van der Waals surface area contributed by atoms with Crippen LogP contribution >= 0.6 is 12.4 Å². The van der Waals surface area contributed by atoms with Gasteiger partial charge in [-0.2, -0.15) is 0 Å². The monoisotopic (exact) mass is 375 g/mol. The Balaban J connectivity index is 0.00000243. The summed E-state index contributed by atoms with van der Waals surface area (Å²) in [7, 11) is 3.11. The van der Waals surface area contributed by atoms with E-state index in [1.54, 1.807) is 32.4 Å². The maximum Gasteiger partial charge on any atom is 0.251 e. The number of aromatic nitrogens is 2. The summed E-state index contributed by atoms with van der Waals surface area (Å²) in [5, 5.41) is 2.91. The SMILES string of the molecule is COc1ccc(C(=O)NCCCc2nc3ccccc3[nH]2)cc1OC.Cl. The molecular formula is C19H22ClN3O3. The third kappa shape index (κ3) is 4.46. The number of halogens is 1. The summed E-state index contributed by atoms with van der Waals surface area (Å²) < 4.78 is 10.4. The molecule has 1 aromatic heterocycles. The number of hydrogen-bond donors (Lipinski definition) is 2. The summed E-state index contributed by atoms with van der Waals surface area (Å²) >= 11 is 0. The van der Waals surface area contributed by atoms with Crippen molar-refractivity contribution >= 4 is 29.3 Å². The molecular weight excluding hydrogens is 354 g/mol. The molecule has 0 bridgehead atoms. The first-order valence-electron chi connectivity index (χ1n) is 8.15. The Morgan fingerprint density at radius 1 is 1.12 bits per heavy atom. The van der Waals surface area contributed by atoms with Crippen LogP contribution in [0.25, 0.3) is 11.0 Å². The van der Waals surface area contributed by atoms with Gasteiger partial charge in [0.1, 0.15) is 5.82 Å². The number of para-hydroxylation sites is 2. The Labute approximate surface area is 158 Å². The molecule has 0 aliphatic carbocycles. The maximum atomic E-state index is 12.2. The van der Waals surface area contributed by atoms with E-state index in [1.807, 2.05) is 24.3 Å². The number of methoxy groups -OCH3 is 2. The molecule has 0 fully saturated rings. The second-order valence-corrected chi connectivity index (χ2v) is 5.63. The fourth-order valence-corrected chi connectivity index (χ4v) is 2.66. The van der Waals surface area contributed by atoms with Crippen LogP contribution in [0, 0.1) is 0 Å². The minimum absolute atomic E-state index is 0. The normalized spacial score (nSPS) is 10.2. The highest BCUT2D eigenvalue weighted by atomic mass is 35.5. The first kappa shape index (κ1) is 19.6. The lowest BCUT2D eigenvalue weighted by molar-refractivity contribution is 0.0952. The first-order chi connectivity index (χ1) is 12.2. The van der Waals surface area contributed by atoms with E-state index in [4.69, 9.17) is 9.47 Å². The minimum atomic E-state index is -0.134. The van der Waals surface area contributed by atoms with Crippen LogP contribution in [-0.2, 0) is 6.42 Å². The van der Waals surface area contributed by atoms with Crippen molar-refractivity contribution in [3.8, 4) is 11.5 Å². The molecule has 6 nitrogen and oxygen atoms in total. The predicted octanol–water partition coefficient (Wildman–Crippen LogP) is 3.36. The van der Waals surface area contributed by atoms with E-state index in [9.17, 15) is 4.79 Å². The number of nitrogens with one attached hydrogen (secondary N) is 2. The lowest BCUT2D eigenvalue weighted by Crippen LogP contribution is -2.24. The molecule has 1 amide bonds. The number of fused-ring (bicyclic) bond motifs is 1. The van der Waals surface area contributed by atoms with Crippen LogP contribution in [0.15, 0.2) is 42.5 Å². The van der Waals surface area contributed by atoms with Gasteiger partial charge in [0.25, 0.3) is 5.91 Å². The molecule has 0 aliphatic rings. The number of nitrogens with zero attached hydrogens (tertiary/aromatic N) is 1. The number of H-pyrrole nitrogens is 1. The van der Waals surface area contributed by atoms with E-state index in [0.717, 1.165) is 29.7 Å². The van der Waals surface area contributed by atoms with E-state index in [1.165, 1.54) is 0 Å². The van der Waals surface area contributed by atoms with Gasteiger partial charge in [0.2, 0.25) is 0 Å². The van der Waals surface area contributed by atoms with E-state index < -0.39 is 0 Å². The first-order valence-corrected chi connectivity index (χ1v) is 8.15. The molecule has 0 aliphatic heterocycles. The van der Waals surface area contributed by atoms with Crippen LogP contribution in [0.2, 0.25) is 0 Å². The molecule has 0 spiro atoms. The number of hydrogen-bond acceptors (Lipinski definition) is 4. The third-order valence-electron chi connectivity index (χ3n) is 3.96. The van der Waals surface area contributed by atoms with Crippen molar-refractivity contribution in [3.05, 3.63) is 53.9 Å². The number of ether oxygens (including phenoxy) is 2. The highest BCUT2D eigenvalue weighted by Crippen LogP contribution is 2.27.